The van der Waals surface area contributed by atoms with E-state index in [9.17, 15) is 0 Å². The molecule has 2 nitrogen and oxygen atoms in total. The maximum absolute atomic E-state index is 8.97. The van der Waals surface area contributed by atoms with Crippen LogP contribution in [0.2, 0.25) is 0 Å². The second-order valence-electron chi connectivity index (χ2n) is 3.58. The van der Waals surface area contributed by atoms with Gasteiger partial charge in [-0.2, -0.15) is 0 Å². The van der Waals surface area contributed by atoms with Crippen LogP contribution in [0.3, 0.4) is 0 Å². The zero-order valence-electron chi connectivity index (χ0n) is 6.88. The molecule has 1 aliphatic carbocycles. The van der Waals surface area contributed by atoms with Crippen molar-refractivity contribution in [3.05, 3.63) is 0 Å². The van der Waals surface area contributed by atoms with Crippen LogP contribution in [0, 0.1) is 5.92 Å². The topological polar surface area (TPSA) is 23.5 Å². The monoisotopic (exact) mass is 143 g/mol. The average molecular weight is 143 g/mol. The summed E-state index contributed by atoms with van der Waals surface area (Å²) >= 11 is 0. The third kappa shape index (κ3) is 2.27. The molecule has 0 bridgehead atoms. The number of aliphatic hydroxyl groups excluding tert-OH is 1. The molecule has 1 aliphatic rings. The molecule has 0 aromatic rings. The minimum atomic E-state index is 0.0205. The lowest BCUT2D eigenvalue weighted by Crippen LogP contribution is -2.30. The van der Waals surface area contributed by atoms with Gasteiger partial charge in [-0.3, -0.25) is 0 Å². The lowest BCUT2D eigenvalue weighted by Gasteiger charge is -2.32. The van der Waals surface area contributed by atoms with Gasteiger partial charge in [0.2, 0.25) is 0 Å². The molecule has 0 aromatic carbocycles. The number of hydrogen-bond donors (Lipinski definition) is 1. The Morgan fingerprint density at radius 1 is 1.40 bits per heavy atom. The summed E-state index contributed by atoms with van der Waals surface area (Å²) in [7, 11) is 4.18. The van der Waals surface area contributed by atoms with E-state index in [1.54, 1.807) is 0 Å². The van der Waals surface area contributed by atoms with Crippen molar-refractivity contribution in [3.8, 4) is 0 Å². The van der Waals surface area contributed by atoms with Gasteiger partial charge in [0, 0.05) is 0 Å². The van der Waals surface area contributed by atoms with Crippen molar-refractivity contribution in [3.63, 3.8) is 0 Å². The summed E-state index contributed by atoms with van der Waals surface area (Å²) in [6, 6.07) is 0. The highest BCUT2D eigenvalue weighted by Crippen LogP contribution is 2.29. The standard InChI is InChI=1S/C8H17NO/c1-9(2)4-3-7-5-8(10)6-7/h7-8,10H,3-6H2,1-2H3. The van der Waals surface area contributed by atoms with Crippen LogP contribution in [-0.4, -0.2) is 36.8 Å². The van der Waals surface area contributed by atoms with Gasteiger partial charge in [0.1, 0.15) is 0 Å². The Labute approximate surface area is 62.8 Å². The molecule has 0 saturated heterocycles. The zero-order chi connectivity index (χ0) is 7.56. The summed E-state index contributed by atoms with van der Waals surface area (Å²) in [4.78, 5) is 2.20. The van der Waals surface area contributed by atoms with E-state index in [0.717, 1.165) is 25.3 Å². The van der Waals surface area contributed by atoms with E-state index in [1.807, 2.05) is 0 Å². The predicted octanol–water partition coefficient (Wildman–Crippen LogP) is 0.709. The fourth-order valence-corrected chi connectivity index (χ4v) is 1.38. The Morgan fingerprint density at radius 3 is 2.40 bits per heavy atom. The highest BCUT2D eigenvalue weighted by molar-refractivity contribution is 4.78. The van der Waals surface area contributed by atoms with Crippen LogP contribution in [0.1, 0.15) is 19.3 Å². The molecule has 1 N–H and O–H groups in total. The summed E-state index contributed by atoms with van der Waals surface area (Å²) in [6.45, 7) is 1.16. The van der Waals surface area contributed by atoms with Crippen LogP contribution >= 0.6 is 0 Å². The molecular weight excluding hydrogens is 126 g/mol. The van der Waals surface area contributed by atoms with Crippen molar-refractivity contribution in [2.75, 3.05) is 20.6 Å². The van der Waals surface area contributed by atoms with Crippen molar-refractivity contribution >= 4 is 0 Å². The van der Waals surface area contributed by atoms with Crippen LogP contribution in [0.15, 0.2) is 0 Å². The fourth-order valence-electron chi connectivity index (χ4n) is 1.38. The maximum Gasteiger partial charge on any atom is 0.0545 e. The molecule has 0 radical (unpaired) electrons. The molecule has 0 unspecified atom stereocenters. The number of hydrogen-bond acceptors (Lipinski definition) is 2. The molecule has 2 heteroatoms. The fraction of sp³-hybridized carbons (Fsp3) is 1.00. The van der Waals surface area contributed by atoms with Gasteiger partial charge < -0.3 is 10.0 Å². The van der Waals surface area contributed by atoms with Gasteiger partial charge in [0.25, 0.3) is 0 Å². The van der Waals surface area contributed by atoms with E-state index >= 15 is 0 Å². The second kappa shape index (κ2) is 3.35. The molecule has 0 aromatic heterocycles. The van der Waals surface area contributed by atoms with Gasteiger partial charge in [0.05, 0.1) is 6.10 Å². The lowest BCUT2D eigenvalue weighted by molar-refractivity contribution is 0.0363. The first-order valence-corrected chi connectivity index (χ1v) is 4.01. The summed E-state index contributed by atoms with van der Waals surface area (Å²) in [5.41, 5.74) is 0. The Balaban J connectivity index is 1.95. The quantitative estimate of drug-likeness (QED) is 0.629. The zero-order valence-corrected chi connectivity index (χ0v) is 6.88. The lowest BCUT2D eigenvalue weighted by atomic mass is 9.80. The first-order chi connectivity index (χ1) is 4.68. The summed E-state index contributed by atoms with van der Waals surface area (Å²) in [6.07, 6.45) is 3.35. The third-order valence-electron chi connectivity index (χ3n) is 2.20. The molecule has 1 rings (SSSR count). The molecule has 10 heavy (non-hydrogen) atoms. The van der Waals surface area contributed by atoms with Crippen molar-refractivity contribution in [1.82, 2.24) is 4.90 Å². The van der Waals surface area contributed by atoms with E-state index < -0.39 is 0 Å². The van der Waals surface area contributed by atoms with Gasteiger partial charge in [-0.1, -0.05) is 0 Å². The molecule has 0 atom stereocenters. The van der Waals surface area contributed by atoms with Gasteiger partial charge in [-0.25, -0.2) is 0 Å². The van der Waals surface area contributed by atoms with Crippen molar-refractivity contribution in [2.24, 2.45) is 5.92 Å². The second-order valence-corrected chi connectivity index (χ2v) is 3.58. The minimum absolute atomic E-state index is 0.0205. The minimum Gasteiger partial charge on any atom is -0.393 e. The van der Waals surface area contributed by atoms with Gasteiger partial charge in [-0.15, -0.1) is 0 Å². The first kappa shape index (κ1) is 8.02. The molecular formula is C8H17NO. The highest BCUT2D eigenvalue weighted by atomic mass is 16.3. The maximum atomic E-state index is 8.97. The van der Waals surface area contributed by atoms with E-state index in [4.69, 9.17) is 5.11 Å². The summed E-state index contributed by atoms with van der Waals surface area (Å²) < 4.78 is 0. The van der Waals surface area contributed by atoms with Gasteiger partial charge >= 0.3 is 0 Å². The number of nitrogens with zero attached hydrogens (tertiary/aromatic N) is 1. The first-order valence-electron chi connectivity index (χ1n) is 4.01. The smallest absolute Gasteiger partial charge is 0.0545 e. The van der Waals surface area contributed by atoms with Crippen LogP contribution in [0.25, 0.3) is 0 Å². The highest BCUT2D eigenvalue weighted by Gasteiger charge is 2.26. The predicted molar refractivity (Wildman–Crippen MR) is 41.9 cm³/mol. The number of aliphatic hydroxyl groups is 1. The molecule has 0 heterocycles. The van der Waals surface area contributed by atoms with E-state index in [1.165, 1.54) is 6.42 Å². The molecule has 0 spiro atoms. The average Bonchev–Trinajstić information content (AvgIpc) is 1.77. The molecule has 0 aliphatic heterocycles. The van der Waals surface area contributed by atoms with Crippen molar-refractivity contribution < 1.29 is 5.11 Å². The molecule has 60 valence electrons. The summed E-state index contributed by atoms with van der Waals surface area (Å²) in [5.74, 6) is 0.803. The molecule has 1 saturated carbocycles. The van der Waals surface area contributed by atoms with E-state index in [-0.39, 0.29) is 6.10 Å². The van der Waals surface area contributed by atoms with Crippen molar-refractivity contribution in [1.29, 1.82) is 0 Å². The molecule has 1 fully saturated rings. The van der Waals surface area contributed by atoms with Crippen LogP contribution in [0.4, 0.5) is 0 Å². The Morgan fingerprint density at radius 2 is 2.00 bits per heavy atom. The van der Waals surface area contributed by atoms with Gasteiger partial charge in [-0.05, 0) is 45.8 Å². The van der Waals surface area contributed by atoms with Crippen LogP contribution in [-0.2, 0) is 0 Å². The molecule has 0 amide bonds. The van der Waals surface area contributed by atoms with E-state index in [2.05, 4.69) is 19.0 Å². The Bertz CT molecular complexity index is 97.4. The van der Waals surface area contributed by atoms with Crippen LogP contribution in [0.5, 0.6) is 0 Å². The SMILES string of the molecule is CN(C)CCC1CC(O)C1. The Kier molecular flexibility index (Phi) is 2.69. The Hall–Kier alpha value is -0.0800. The third-order valence-corrected chi connectivity index (χ3v) is 2.20. The van der Waals surface area contributed by atoms with Gasteiger partial charge in [0.15, 0.2) is 0 Å². The van der Waals surface area contributed by atoms with Crippen LogP contribution < -0.4 is 0 Å². The largest absolute Gasteiger partial charge is 0.393 e. The summed E-state index contributed by atoms with van der Waals surface area (Å²) in [5, 5.41) is 8.97. The normalized spacial score (nSPS) is 32.4. The number of rotatable bonds is 3. The van der Waals surface area contributed by atoms with Crippen molar-refractivity contribution in [2.45, 2.75) is 25.4 Å². The van der Waals surface area contributed by atoms with E-state index in [0.29, 0.717) is 0 Å².